The average molecular weight is 441 g/mol. The maximum atomic E-state index is 12.8. The van der Waals surface area contributed by atoms with Gasteiger partial charge in [0, 0.05) is 21.5 Å². The third-order valence-corrected chi connectivity index (χ3v) is 7.44. The smallest absolute Gasteiger partial charge is 0.262 e. The first-order valence-corrected chi connectivity index (χ1v) is 11.5. The highest BCUT2D eigenvalue weighted by Gasteiger charge is 2.29. The first-order chi connectivity index (χ1) is 14.4. The summed E-state index contributed by atoms with van der Waals surface area (Å²) in [7, 11) is 0. The minimum Gasteiger partial charge on any atom is -0.349 e. The molecule has 2 aromatic rings. The quantitative estimate of drug-likeness (QED) is 0.577. The van der Waals surface area contributed by atoms with E-state index in [0.717, 1.165) is 23.3 Å². The van der Waals surface area contributed by atoms with Crippen LogP contribution in [0.2, 0.25) is 5.02 Å². The molecule has 30 heavy (non-hydrogen) atoms. The Morgan fingerprint density at radius 3 is 2.83 bits per heavy atom. The maximum Gasteiger partial charge on any atom is 0.262 e. The molecule has 4 nitrogen and oxygen atoms in total. The van der Waals surface area contributed by atoms with E-state index in [2.05, 4.69) is 24.5 Å². The Morgan fingerprint density at radius 2 is 2.03 bits per heavy atom. The van der Waals surface area contributed by atoms with Gasteiger partial charge in [-0.3, -0.25) is 9.59 Å². The van der Waals surface area contributed by atoms with Crippen molar-refractivity contribution >= 4 is 46.9 Å². The summed E-state index contributed by atoms with van der Waals surface area (Å²) in [5, 5.41) is 6.74. The molecule has 0 spiro atoms. The van der Waals surface area contributed by atoms with Gasteiger partial charge in [0.05, 0.1) is 10.6 Å². The van der Waals surface area contributed by atoms with Gasteiger partial charge in [-0.1, -0.05) is 62.2 Å². The zero-order chi connectivity index (χ0) is 21.3. The standard InChI is InChI=1S/C24H25ClN2O2S/c1-14-5-3-8-19(15(14)2)26-23(28)17-9-10-21-20(13-17)27-24(29)22(30-21)12-16-6-4-7-18(25)11-16/h4,6-7,9-15,19H,3,5,8H2,1-2H3,(H,26,28)(H,27,29)/b22-12+/t14-,15+,19-/m1/s1. The number of anilines is 1. The van der Waals surface area contributed by atoms with E-state index in [1.54, 1.807) is 12.1 Å². The molecule has 0 unspecified atom stereocenters. The average Bonchev–Trinajstić information content (AvgIpc) is 2.71. The molecule has 2 aliphatic rings. The number of hydrogen-bond acceptors (Lipinski definition) is 3. The van der Waals surface area contributed by atoms with Gasteiger partial charge in [0.15, 0.2) is 0 Å². The van der Waals surface area contributed by atoms with E-state index in [9.17, 15) is 9.59 Å². The molecule has 2 amide bonds. The number of fused-ring (bicyclic) bond motifs is 1. The lowest BCUT2D eigenvalue weighted by atomic mass is 9.78. The Balaban J connectivity index is 1.50. The van der Waals surface area contributed by atoms with Gasteiger partial charge in [0.1, 0.15) is 0 Å². The molecule has 1 saturated carbocycles. The zero-order valence-corrected chi connectivity index (χ0v) is 18.6. The van der Waals surface area contributed by atoms with E-state index in [4.69, 9.17) is 11.6 Å². The zero-order valence-electron chi connectivity index (χ0n) is 17.1. The van der Waals surface area contributed by atoms with Gasteiger partial charge in [0.2, 0.25) is 0 Å². The summed E-state index contributed by atoms with van der Waals surface area (Å²) in [5.41, 5.74) is 2.11. The molecule has 1 aliphatic carbocycles. The lowest BCUT2D eigenvalue weighted by molar-refractivity contribution is -0.112. The highest BCUT2D eigenvalue weighted by molar-refractivity contribution is 8.04. The molecule has 1 fully saturated rings. The predicted octanol–water partition coefficient (Wildman–Crippen LogP) is 5.98. The highest BCUT2D eigenvalue weighted by Crippen LogP contribution is 2.39. The van der Waals surface area contributed by atoms with Crippen LogP contribution in [0, 0.1) is 11.8 Å². The van der Waals surface area contributed by atoms with Crippen molar-refractivity contribution in [2.45, 2.75) is 44.0 Å². The number of nitrogens with one attached hydrogen (secondary N) is 2. The van der Waals surface area contributed by atoms with Crippen molar-refractivity contribution < 1.29 is 9.59 Å². The summed E-state index contributed by atoms with van der Waals surface area (Å²) in [6.45, 7) is 4.47. The number of amides is 2. The lowest BCUT2D eigenvalue weighted by Crippen LogP contribution is -2.43. The molecule has 2 N–H and O–H groups in total. The third-order valence-electron chi connectivity index (χ3n) is 6.10. The molecule has 0 bridgehead atoms. The van der Waals surface area contributed by atoms with Crippen LogP contribution in [-0.2, 0) is 4.79 Å². The van der Waals surface area contributed by atoms with Crippen LogP contribution in [0.3, 0.4) is 0 Å². The van der Waals surface area contributed by atoms with Crippen molar-refractivity contribution in [2.24, 2.45) is 11.8 Å². The van der Waals surface area contributed by atoms with Crippen molar-refractivity contribution in [1.82, 2.24) is 5.32 Å². The van der Waals surface area contributed by atoms with Crippen molar-refractivity contribution in [1.29, 1.82) is 0 Å². The van der Waals surface area contributed by atoms with E-state index in [1.807, 2.05) is 36.4 Å². The number of carbonyl (C=O) groups excluding carboxylic acids is 2. The molecular weight excluding hydrogens is 416 g/mol. The fraction of sp³-hybridized carbons (Fsp3) is 0.333. The molecule has 156 valence electrons. The van der Waals surface area contributed by atoms with Gasteiger partial charge < -0.3 is 10.6 Å². The van der Waals surface area contributed by atoms with E-state index in [1.165, 1.54) is 18.2 Å². The Hall–Kier alpha value is -2.24. The Labute approximate surface area is 186 Å². The van der Waals surface area contributed by atoms with Crippen LogP contribution in [0.15, 0.2) is 52.3 Å². The summed E-state index contributed by atoms with van der Waals surface area (Å²) >= 11 is 7.44. The molecule has 3 atom stereocenters. The SMILES string of the molecule is C[C@H]1[C@H](C)CCC[C@H]1NC(=O)c1ccc2c(c1)NC(=O)/C(=C\c1cccc(Cl)c1)S2. The molecule has 4 rings (SSSR count). The minimum atomic E-state index is -0.181. The summed E-state index contributed by atoms with van der Waals surface area (Å²) in [6, 6.07) is 13.1. The predicted molar refractivity (Wildman–Crippen MR) is 124 cm³/mol. The van der Waals surface area contributed by atoms with E-state index in [0.29, 0.717) is 33.0 Å². The number of thioether (sulfide) groups is 1. The molecule has 6 heteroatoms. The van der Waals surface area contributed by atoms with Crippen LogP contribution in [0.4, 0.5) is 5.69 Å². The number of benzene rings is 2. The summed E-state index contributed by atoms with van der Waals surface area (Å²) in [5.74, 6) is 0.825. The molecule has 1 heterocycles. The van der Waals surface area contributed by atoms with Crippen molar-refractivity contribution in [3.63, 3.8) is 0 Å². The van der Waals surface area contributed by atoms with Crippen LogP contribution in [0.25, 0.3) is 6.08 Å². The van der Waals surface area contributed by atoms with Crippen molar-refractivity contribution in [2.75, 3.05) is 5.32 Å². The summed E-state index contributed by atoms with van der Waals surface area (Å²) in [6.07, 6.45) is 5.21. The number of rotatable bonds is 3. The summed E-state index contributed by atoms with van der Waals surface area (Å²) < 4.78 is 0. The van der Waals surface area contributed by atoms with Gasteiger partial charge in [0.25, 0.3) is 11.8 Å². The van der Waals surface area contributed by atoms with E-state index >= 15 is 0 Å². The van der Waals surface area contributed by atoms with Crippen molar-refractivity contribution in [3.05, 3.63) is 63.5 Å². The molecule has 0 saturated heterocycles. The topological polar surface area (TPSA) is 58.2 Å². The van der Waals surface area contributed by atoms with Crippen LogP contribution in [0.1, 0.15) is 49.0 Å². The summed E-state index contributed by atoms with van der Waals surface area (Å²) in [4.78, 5) is 26.9. The van der Waals surface area contributed by atoms with Crippen LogP contribution >= 0.6 is 23.4 Å². The lowest BCUT2D eigenvalue weighted by Gasteiger charge is -2.34. The second kappa shape index (κ2) is 8.86. The Kier molecular flexibility index (Phi) is 6.21. The van der Waals surface area contributed by atoms with Gasteiger partial charge in [-0.2, -0.15) is 0 Å². The minimum absolute atomic E-state index is 0.0803. The Morgan fingerprint density at radius 1 is 1.20 bits per heavy atom. The first-order valence-electron chi connectivity index (χ1n) is 10.3. The third kappa shape index (κ3) is 4.57. The van der Waals surface area contributed by atoms with Gasteiger partial charge in [-0.15, -0.1) is 0 Å². The van der Waals surface area contributed by atoms with Crippen LogP contribution in [-0.4, -0.2) is 17.9 Å². The Bertz CT molecular complexity index is 1020. The normalized spacial score (nSPS) is 24.8. The van der Waals surface area contributed by atoms with Gasteiger partial charge in [-0.25, -0.2) is 0 Å². The van der Waals surface area contributed by atoms with Gasteiger partial charge >= 0.3 is 0 Å². The number of carbonyl (C=O) groups is 2. The van der Waals surface area contributed by atoms with E-state index in [-0.39, 0.29) is 17.9 Å². The van der Waals surface area contributed by atoms with Crippen LogP contribution < -0.4 is 10.6 Å². The van der Waals surface area contributed by atoms with Gasteiger partial charge in [-0.05, 0) is 60.2 Å². The maximum absolute atomic E-state index is 12.8. The first kappa shape index (κ1) is 21.0. The molecule has 0 radical (unpaired) electrons. The monoisotopic (exact) mass is 440 g/mol. The molecular formula is C24H25ClN2O2S. The van der Waals surface area contributed by atoms with Crippen LogP contribution in [0.5, 0.6) is 0 Å². The fourth-order valence-electron chi connectivity index (χ4n) is 4.09. The number of hydrogen-bond donors (Lipinski definition) is 2. The van der Waals surface area contributed by atoms with E-state index < -0.39 is 0 Å². The molecule has 1 aliphatic heterocycles. The second-order valence-corrected chi connectivity index (χ2v) is 9.70. The second-order valence-electron chi connectivity index (χ2n) is 8.18. The number of halogens is 1. The highest BCUT2D eigenvalue weighted by atomic mass is 35.5. The molecule has 0 aromatic heterocycles. The molecule has 2 aromatic carbocycles. The fourth-order valence-corrected chi connectivity index (χ4v) is 5.22. The largest absolute Gasteiger partial charge is 0.349 e. The van der Waals surface area contributed by atoms with Crippen molar-refractivity contribution in [3.8, 4) is 0 Å².